The molecule has 0 radical (unpaired) electrons. The maximum absolute atomic E-state index is 6.38. The second-order valence-corrected chi connectivity index (χ2v) is 5.93. The first-order valence-electron chi connectivity index (χ1n) is 7.27. The lowest BCUT2D eigenvalue weighted by Crippen LogP contribution is -2.47. The first-order valence-corrected chi connectivity index (χ1v) is 7.27. The van der Waals surface area contributed by atoms with Gasteiger partial charge in [-0.25, -0.2) is 0 Å². The van der Waals surface area contributed by atoms with Crippen molar-refractivity contribution in [2.24, 2.45) is 0 Å². The van der Waals surface area contributed by atoms with Crippen molar-refractivity contribution >= 4 is 0 Å². The Morgan fingerprint density at radius 1 is 1.17 bits per heavy atom. The molecule has 1 aromatic carbocycles. The summed E-state index contributed by atoms with van der Waals surface area (Å²) in [5.41, 5.74) is 2.95. The molecule has 1 atom stereocenters. The summed E-state index contributed by atoms with van der Waals surface area (Å²) < 4.78 is 6.38. The zero-order valence-electron chi connectivity index (χ0n) is 11.3. The van der Waals surface area contributed by atoms with E-state index in [1.54, 1.807) is 0 Å². The molecule has 2 aliphatic rings. The quantitative estimate of drug-likeness (QED) is 0.864. The van der Waals surface area contributed by atoms with Gasteiger partial charge < -0.3 is 10.1 Å². The fraction of sp³-hybridized carbons (Fsp3) is 0.625. The summed E-state index contributed by atoms with van der Waals surface area (Å²) in [6, 6.07) is 6.58. The Hall–Kier alpha value is -1.02. The molecule has 1 saturated heterocycles. The van der Waals surface area contributed by atoms with E-state index < -0.39 is 0 Å². The van der Waals surface area contributed by atoms with Crippen molar-refractivity contribution in [3.05, 3.63) is 29.3 Å². The molecular formula is C16H23NO. The van der Waals surface area contributed by atoms with Crippen molar-refractivity contribution in [2.75, 3.05) is 13.1 Å². The molecule has 0 amide bonds. The standard InChI is InChI=1S/C16H23NO/c1-16(10-5-11-17-12-16)18-15-9-4-7-13-6-2-3-8-14(13)15/h4,7,9,17H,2-3,5-6,8,10-12H2,1H3. The lowest BCUT2D eigenvalue weighted by atomic mass is 9.90. The molecule has 98 valence electrons. The summed E-state index contributed by atoms with van der Waals surface area (Å²) in [7, 11) is 0. The Morgan fingerprint density at radius 3 is 2.89 bits per heavy atom. The number of hydrogen-bond donors (Lipinski definition) is 1. The van der Waals surface area contributed by atoms with Crippen molar-refractivity contribution in [2.45, 2.75) is 51.0 Å². The van der Waals surface area contributed by atoms with E-state index in [0.717, 1.165) is 25.3 Å². The van der Waals surface area contributed by atoms with Gasteiger partial charge in [0.25, 0.3) is 0 Å². The Kier molecular flexibility index (Phi) is 3.29. The third-order valence-electron chi connectivity index (χ3n) is 4.27. The number of aryl methyl sites for hydroxylation is 1. The van der Waals surface area contributed by atoms with E-state index in [4.69, 9.17) is 4.74 Å². The van der Waals surface area contributed by atoms with Gasteiger partial charge in [0.1, 0.15) is 11.4 Å². The predicted molar refractivity (Wildman–Crippen MR) is 74.2 cm³/mol. The van der Waals surface area contributed by atoms with Crippen LogP contribution in [0.2, 0.25) is 0 Å². The average Bonchev–Trinajstić information content (AvgIpc) is 2.40. The molecule has 18 heavy (non-hydrogen) atoms. The molecular weight excluding hydrogens is 222 g/mol. The summed E-state index contributed by atoms with van der Waals surface area (Å²) in [5, 5.41) is 3.45. The van der Waals surface area contributed by atoms with Crippen LogP contribution in [0.5, 0.6) is 5.75 Å². The van der Waals surface area contributed by atoms with Gasteiger partial charge in [0, 0.05) is 6.54 Å². The molecule has 0 bridgehead atoms. The molecule has 2 heteroatoms. The molecule has 1 unspecified atom stereocenters. The first-order chi connectivity index (χ1) is 8.77. The van der Waals surface area contributed by atoms with Crippen LogP contribution in [-0.4, -0.2) is 18.7 Å². The Bertz CT molecular complexity index is 421. The summed E-state index contributed by atoms with van der Waals surface area (Å²) >= 11 is 0. The number of fused-ring (bicyclic) bond motifs is 1. The Balaban J connectivity index is 1.83. The monoisotopic (exact) mass is 245 g/mol. The van der Waals surface area contributed by atoms with Crippen molar-refractivity contribution in [3.63, 3.8) is 0 Å². The van der Waals surface area contributed by atoms with Crippen LogP contribution in [0.4, 0.5) is 0 Å². The zero-order chi connectivity index (χ0) is 12.4. The van der Waals surface area contributed by atoms with Gasteiger partial charge in [-0.15, -0.1) is 0 Å². The second kappa shape index (κ2) is 4.93. The van der Waals surface area contributed by atoms with Gasteiger partial charge in [0.2, 0.25) is 0 Å². The fourth-order valence-corrected chi connectivity index (χ4v) is 3.22. The van der Waals surface area contributed by atoms with Gasteiger partial charge >= 0.3 is 0 Å². The highest BCUT2D eigenvalue weighted by atomic mass is 16.5. The molecule has 0 aromatic heterocycles. The van der Waals surface area contributed by atoms with Crippen LogP contribution >= 0.6 is 0 Å². The van der Waals surface area contributed by atoms with Gasteiger partial charge in [0.05, 0.1) is 0 Å². The van der Waals surface area contributed by atoms with E-state index in [1.807, 2.05) is 0 Å². The van der Waals surface area contributed by atoms with E-state index in [1.165, 1.54) is 43.2 Å². The molecule has 3 rings (SSSR count). The maximum atomic E-state index is 6.38. The van der Waals surface area contributed by atoms with Crippen LogP contribution in [0.1, 0.15) is 43.7 Å². The van der Waals surface area contributed by atoms with E-state index in [2.05, 4.69) is 30.4 Å². The molecule has 1 aliphatic carbocycles. The molecule has 1 aromatic rings. The van der Waals surface area contributed by atoms with Crippen LogP contribution in [0.3, 0.4) is 0 Å². The number of hydrogen-bond acceptors (Lipinski definition) is 2. The van der Waals surface area contributed by atoms with Crippen LogP contribution in [0.15, 0.2) is 18.2 Å². The fourth-order valence-electron chi connectivity index (χ4n) is 3.22. The lowest BCUT2D eigenvalue weighted by Gasteiger charge is -2.36. The molecule has 2 nitrogen and oxygen atoms in total. The summed E-state index contributed by atoms with van der Waals surface area (Å²) in [4.78, 5) is 0. The van der Waals surface area contributed by atoms with E-state index >= 15 is 0 Å². The van der Waals surface area contributed by atoms with E-state index in [-0.39, 0.29) is 5.60 Å². The highest BCUT2D eigenvalue weighted by Crippen LogP contribution is 2.33. The smallest absolute Gasteiger partial charge is 0.123 e. The lowest BCUT2D eigenvalue weighted by molar-refractivity contribution is 0.0602. The van der Waals surface area contributed by atoms with Gasteiger partial charge in [-0.3, -0.25) is 0 Å². The number of nitrogens with one attached hydrogen (secondary N) is 1. The van der Waals surface area contributed by atoms with Gasteiger partial charge in [-0.05, 0) is 69.2 Å². The zero-order valence-corrected chi connectivity index (χ0v) is 11.3. The highest BCUT2D eigenvalue weighted by Gasteiger charge is 2.29. The van der Waals surface area contributed by atoms with E-state index in [9.17, 15) is 0 Å². The highest BCUT2D eigenvalue weighted by molar-refractivity contribution is 5.42. The van der Waals surface area contributed by atoms with Gasteiger partial charge in [-0.1, -0.05) is 12.1 Å². The molecule has 1 N–H and O–H groups in total. The van der Waals surface area contributed by atoms with Crippen LogP contribution in [0, 0.1) is 0 Å². The van der Waals surface area contributed by atoms with E-state index in [0.29, 0.717) is 0 Å². The predicted octanol–water partition coefficient (Wildman–Crippen LogP) is 3.09. The minimum atomic E-state index is -0.0230. The number of benzene rings is 1. The molecule has 1 heterocycles. The summed E-state index contributed by atoms with van der Waals surface area (Å²) in [5.74, 6) is 1.14. The molecule has 0 spiro atoms. The SMILES string of the molecule is CC1(Oc2cccc3c2CCCC3)CCCNC1. The van der Waals surface area contributed by atoms with Crippen molar-refractivity contribution in [1.29, 1.82) is 0 Å². The number of rotatable bonds is 2. The van der Waals surface area contributed by atoms with Crippen LogP contribution < -0.4 is 10.1 Å². The molecule has 1 aliphatic heterocycles. The minimum Gasteiger partial charge on any atom is -0.486 e. The van der Waals surface area contributed by atoms with Crippen LogP contribution in [0.25, 0.3) is 0 Å². The minimum absolute atomic E-state index is 0.0230. The topological polar surface area (TPSA) is 21.3 Å². The van der Waals surface area contributed by atoms with Gasteiger partial charge in [0.15, 0.2) is 0 Å². The van der Waals surface area contributed by atoms with Gasteiger partial charge in [-0.2, -0.15) is 0 Å². The van der Waals surface area contributed by atoms with Crippen molar-refractivity contribution in [3.8, 4) is 5.75 Å². The van der Waals surface area contributed by atoms with Crippen molar-refractivity contribution in [1.82, 2.24) is 5.32 Å². The van der Waals surface area contributed by atoms with Crippen molar-refractivity contribution < 1.29 is 4.74 Å². The summed E-state index contributed by atoms with van der Waals surface area (Å²) in [6.07, 6.45) is 7.42. The first kappa shape index (κ1) is 12.0. The maximum Gasteiger partial charge on any atom is 0.123 e. The number of piperidine rings is 1. The average molecular weight is 245 g/mol. The normalized spacial score (nSPS) is 27.6. The Morgan fingerprint density at radius 2 is 2.06 bits per heavy atom. The largest absolute Gasteiger partial charge is 0.486 e. The Labute approximate surface area is 110 Å². The molecule has 0 saturated carbocycles. The molecule has 1 fully saturated rings. The number of ether oxygens (including phenoxy) is 1. The third kappa shape index (κ3) is 2.39. The summed E-state index contributed by atoms with van der Waals surface area (Å²) in [6.45, 7) is 4.34. The van der Waals surface area contributed by atoms with Crippen LogP contribution in [-0.2, 0) is 12.8 Å². The third-order valence-corrected chi connectivity index (χ3v) is 4.27. The second-order valence-electron chi connectivity index (χ2n) is 5.93.